The summed E-state index contributed by atoms with van der Waals surface area (Å²) < 4.78 is 5.28. The van der Waals surface area contributed by atoms with Gasteiger partial charge in [-0.25, -0.2) is 4.98 Å². The summed E-state index contributed by atoms with van der Waals surface area (Å²) >= 11 is 0. The fourth-order valence-electron chi connectivity index (χ4n) is 3.70. The van der Waals surface area contributed by atoms with E-state index < -0.39 is 0 Å². The van der Waals surface area contributed by atoms with Crippen LogP contribution in [0.25, 0.3) is 11.1 Å². The van der Waals surface area contributed by atoms with Gasteiger partial charge in [-0.15, -0.1) is 0 Å². The van der Waals surface area contributed by atoms with Crippen LogP contribution < -0.4 is 10.2 Å². The Kier molecular flexibility index (Phi) is 4.79. The van der Waals surface area contributed by atoms with E-state index in [-0.39, 0.29) is 5.91 Å². The second-order valence-corrected chi connectivity index (χ2v) is 6.97. The van der Waals surface area contributed by atoms with E-state index in [1.54, 1.807) is 0 Å². The van der Waals surface area contributed by atoms with Gasteiger partial charge in [-0.1, -0.05) is 30.3 Å². The summed E-state index contributed by atoms with van der Waals surface area (Å²) in [7, 11) is 0. The maximum absolute atomic E-state index is 13.0. The van der Waals surface area contributed by atoms with Gasteiger partial charge in [0.1, 0.15) is 0 Å². The molecule has 27 heavy (non-hydrogen) atoms. The number of nitrogens with zero attached hydrogens (tertiary/aromatic N) is 3. The molecule has 1 aliphatic heterocycles. The first-order valence-corrected chi connectivity index (χ1v) is 9.54. The van der Waals surface area contributed by atoms with Crippen molar-refractivity contribution in [2.75, 3.05) is 18.0 Å². The van der Waals surface area contributed by atoms with Crippen LogP contribution in [0.15, 0.2) is 34.9 Å². The first kappa shape index (κ1) is 17.5. The van der Waals surface area contributed by atoms with Crippen molar-refractivity contribution in [1.29, 1.82) is 0 Å². The zero-order valence-electron chi connectivity index (χ0n) is 15.8. The molecule has 0 bridgehead atoms. The summed E-state index contributed by atoms with van der Waals surface area (Å²) in [6.45, 7) is 6.48. The molecule has 1 N–H and O–H groups in total. The molecule has 1 aliphatic rings. The maximum Gasteiger partial charge on any atom is 0.258 e. The number of rotatable bonds is 5. The highest BCUT2D eigenvalue weighted by Crippen LogP contribution is 2.25. The molecule has 0 saturated carbocycles. The number of para-hydroxylation sites is 1. The number of hydrogen-bond donors (Lipinski definition) is 1. The molecule has 0 aliphatic carbocycles. The Morgan fingerprint density at radius 3 is 2.81 bits per heavy atom. The summed E-state index contributed by atoms with van der Waals surface area (Å²) in [5.41, 5.74) is 4.86. The molecule has 4 rings (SSSR count). The maximum atomic E-state index is 13.0. The second kappa shape index (κ2) is 7.39. The first-order valence-electron chi connectivity index (χ1n) is 9.54. The van der Waals surface area contributed by atoms with Crippen molar-refractivity contribution in [3.8, 4) is 0 Å². The molecule has 6 heteroatoms. The van der Waals surface area contributed by atoms with E-state index in [2.05, 4.69) is 38.6 Å². The molecule has 0 atom stereocenters. The predicted molar refractivity (Wildman–Crippen MR) is 105 cm³/mol. The third-order valence-electron chi connectivity index (χ3n) is 5.15. The average molecular weight is 364 g/mol. The normalized spacial score (nSPS) is 14.1. The number of aromatic nitrogens is 2. The van der Waals surface area contributed by atoms with Crippen molar-refractivity contribution in [1.82, 2.24) is 15.5 Å². The molecule has 1 amide bonds. The Bertz CT molecular complexity index is 973. The first-order chi connectivity index (χ1) is 13.2. The molecule has 140 valence electrons. The summed E-state index contributed by atoms with van der Waals surface area (Å²) in [4.78, 5) is 19.8. The number of pyridine rings is 1. The fraction of sp³-hybridized carbons (Fsp3) is 0.381. The van der Waals surface area contributed by atoms with Crippen LogP contribution in [0.5, 0.6) is 0 Å². The lowest BCUT2D eigenvalue weighted by Gasteiger charge is -2.21. The van der Waals surface area contributed by atoms with Gasteiger partial charge in [-0.2, -0.15) is 0 Å². The number of aryl methyl sites for hydroxylation is 2. The molecule has 1 saturated heterocycles. The highest BCUT2D eigenvalue weighted by atomic mass is 16.5. The zero-order chi connectivity index (χ0) is 18.8. The van der Waals surface area contributed by atoms with E-state index in [4.69, 9.17) is 4.52 Å². The number of anilines is 1. The van der Waals surface area contributed by atoms with Crippen molar-refractivity contribution >= 4 is 22.7 Å². The van der Waals surface area contributed by atoms with Crippen molar-refractivity contribution in [2.45, 2.75) is 39.7 Å². The molecule has 3 aromatic rings. The van der Waals surface area contributed by atoms with Crippen LogP contribution in [-0.4, -0.2) is 29.1 Å². The number of nitrogens with one attached hydrogen (secondary N) is 1. The van der Waals surface area contributed by atoms with E-state index in [0.717, 1.165) is 30.8 Å². The SMILES string of the molecule is CCc1cc(C(=O)NCc2ccccc2N2CCCC2)c2c(C)noc2n1. The molecule has 1 fully saturated rings. The van der Waals surface area contributed by atoms with Crippen LogP contribution in [-0.2, 0) is 13.0 Å². The molecule has 0 unspecified atom stereocenters. The molecular formula is C21H24N4O2. The summed E-state index contributed by atoms with van der Waals surface area (Å²) in [6.07, 6.45) is 3.18. The highest BCUT2D eigenvalue weighted by molar-refractivity contribution is 6.06. The fourth-order valence-corrected chi connectivity index (χ4v) is 3.70. The van der Waals surface area contributed by atoms with Gasteiger partial charge in [0.25, 0.3) is 11.6 Å². The monoisotopic (exact) mass is 364 g/mol. The number of fused-ring (bicyclic) bond motifs is 1. The number of carbonyl (C=O) groups excluding carboxylic acids is 1. The number of carbonyl (C=O) groups is 1. The topological polar surface area (TPSA) is 71.3 Å². The summed E-state index contributed by atoms with van der Waals surface area (Å²) in [5.74, 6) is -0.125. The Morgan fingerprint density at radius 2 is 2.04 bits per heavy atom. The lowest BCUT2D eigenvalue weighted by molar-refractivity contribution is 0.0952. The lowest BCUT2D eigenvalue weighted by Crippen LogP contribution is -2.26. The Balaban J connectivity index is 1.59. The van der Waals surface area contributed by atoms with Crippen molar-refractivity contribution in [3.63, 3.8) is 0 Å². The number of amides is 1. The van der Waals surface area contributed by atoms with Gasteiger partial charge in [0.05, 0.1) is 16.6 Å². The Hall–Kier alpha value is -2.89. The quantitative estimate of drug-likeness (QED) is 0.749. The van der Waals surface area contributed by atoms with Crippen LogP contribution in [0.2, 0.25) is 0 Å². The minimum absolute atomic E-state index is 0.125. The molecule has 6 nitrogen and oxygen atoms in total. The second-order valence-electron chi connectivity index (χ2n) is 6.97. The van der Waals surface area contributed by atoms with Gasteiger partial charge in [-0.3, -0.25) is 4.79 Å². The van der Waals surface area contributed by atoms with Crippen molar-refractivity contribution in [3.05, 3.63) is 52.8 Å². The van der Waals surface area contributed by atoms with E-state index in [9.17, 15) is 4.79 Å². The number of hydrogen-bond acceptors (Lipinski definition) is 5. The van der Waals surface area contributed by atoms with Crippen LogP contribution in [0.1, 0.15) is 47.1 Å². The smallest absolute Gasteiger partial charge is 0.258 e. The van der Waals surface area contributed by atoms with E-state index in [0.29, 0.717) is 28.9 Å². The van der Waals surface area contributed by atoms with E-state index in [1.807, 2.05) is 26.0 Å². The summed E-state index contributed by atoms with van der Waals surface area (Å²) in [5, 5.41) is 7.74. The third-order valence-corrected chi connectivity index (χ3v) is 5.15. The predicted octanol–water partition coefficient (Wildman–Crippen LogP) is 3.62. The molecule has 1 aromatic carbocycles. The van der Waals surface area contributed by atoms with E-state index in [1.165, 1.54) is 18.5 Å². The standard InChI is InChI=1S/C21H24N4O2/c1-3-16-12-17(19-14(2)24-27-21(19)23-16)20(26)22-13-15-8-4-5-9-18(15)25-10-6-7-11-25/h4-5,8-9,12H,3,6-7,10-11,13H2,1-2H3,(H,22,26). The molecule has 3 heterocycles. The minimum Gasteiger partial charge on any atom is -0.371 e. The number of benzene rings is 1. The van der Waals surface area contributed by atoms with Gasteiger partial charge in [0, 0.05) is 31.0 Å². The molecule has 0 spiro atoms. The Labute approximate surface area is 158 Å². The average Bonchev–Trinajstić information content (AvgIpc) is 3.36. The summed E-state index contributed by atoms with van der Waals surface area (Å²) in [6, 6.07) is 10.1. The van der Waals surface area contributed by atoms with Gasteiger partial charge in [0.15, 0.2) is 0 Å². The highest BCUT2D eigenvalue weighted by Gasteiger charge is 2.19. The van der Waals surface area contributed by atoms with Crippen LogP contribution in [0, 0.1) is 6.92 Å². The minimum atomic E-state index is -0.125. The largest absolute Gasteiger partial charge is 0.371 e. The lowest BCUT2D eigenvalue weighted by atomic mass is 10.1. The van der Waals surface area contributed by atoms with Crippen LogP contribution >= 0.6 is 0 Å². The molecule has 0 radical (unpaired) electrons. The van der Waals surface area contributed by atoms with Gasteiger partial charge in [0.2, 0.25) is 0 Å². The van der Waals surface area contributed by atoms with Gasteiger partial charge >= 0.3 is 0 Å². The van der Waals surface area contributed by atoms with E-state index >= 15 is 0 Å². The van der Waals surface area contributed by atoms with Crippen LogP contribution in [0.4, 0.5) is 5.69 Å². The van der Waals surface area contributed by atoms with Crippen molar-refractivity contribution in [2.24, 2.45) is 0 Å². The third kappa shape index (κ3) is 3.39. The van der Waals surface area contributed by atoms with Gasteiger partial charge in [-0.05, 0) is 43.9 Å². The van der Waals surface area contributed by atoms with Crippen molar-refractivity contribution < 1.29 is 9.32 Å². The molecule has 2 aromatic heterocycles. The zero-order valence-corrected chi connectivity index (χ0v) is 15.8. The van der Waals surface area contributed by atoms with Crippen LogP contribution in [0.3, 0.4) is 0 Å². The van der Waals surface area contributed by atoms with Gasteiger partial charge < -0.3 is 14.7 Å². The molecular weight excluding hydrogens is 340 g/mol. The Morgan fingerprint density at radius 1 is 1.26 bits per heavy atom.